The van der Waals surface area contributed by atoms with Gasteiger partial charge in [0.1, 0.15) is 6.04 Å². The minimum absolute atomic E-state index is 0.177. The summed E-state index contributed by atoms with van der Waals surface area (Å²) in [5, 5.41) is 9.99. The molecule has 3 rings (SSSR count). The predicted octanol–water partition coefficient (Wildman–Crippen LogP) is 4.94. The molecule has 1 fully saturated rings. The molecule has 0 spiro atoms. The summed E-state index contributed by atoms with van der Waals surface area (Å²) in [5.41, 5.74) is 2.67. The van der Waals surface area contributed by atoms with Crippen LogP contribution < -0.4 is 16.0 Å². The minimum Gasteiger partial charge on any atom is -0.350 e. The zero-order valence-corrected chi connectivity index (χ0v) is 26.4. The topological polar surface area (TPSA) is 103 Å². The van der Waals surface area contributed by atoms with Gasteiger partial charge in [-0.2, -0.15) is 0 Å². The van der Waals surface area contributed by atoms with Crippen LogP contribution in [0.3, 0.4) is 0 Å². The Bertz CT molecular complexity index is 1180. The third kappa shape index (κ3) is 9.64. The van der Waals surface area contributed by atoms with Crippen LogP contribution in [0.4, 0.5) is 0 Å². The standard InChI is InChI=1S/C32H49N5O3S/c1-7-29(38)34-26(18-30-35-25-16-15-24(21(4)5)17-28(25)41-30)32(40)36-27(23-13-11-10-12-14-23)19-33-31(39)22(6)20-37(8-2)9-3/h15-17,21,23,26-27H,6-14,18-20H2,1-5H3,(H,33,39)(H,34,38)(H,36,40). The van der Waals surface area contributed by atoms with Gasteiger partial charge >= 0.3 is 0 Å². The lowest BCUT2D eigenvalue weighted by atomic mass is 9.83. The third-order valence-electron chi connectivity index (χ3n) is 8.13. The molecule has 0 saturated heterocycles. The van der Waals surface area contributed by atoms with E-state index in [0.29, 0.717) is 31.0 Å². The van der Waals surface area contributed by atoms with Gasteiger partial charge in [0.15, 0.2) is 0 Å². The highest BCUT2D eigenvalue weighted by Crippen LogP contribution is 2.28. The first-order valence-corrected chi connectivity index (χ1v) is 16.1. The van der Waals surface area contributed by atoms with Crippen molar-refractivity contribution in [1.82, 2.24) is 25.8 Å². The fourth-order valence-electron chi connectivity index (χ4n) is 5.39. The maximum Gasteiger partial charge on any atom is 0.247 e. The zero-order valence-electron chi connectivity index (χ0n) is 25.6. The number of benzene rings is 1. The highest BCUT2D eigenvalue weighted by Gasteiger charge is 2.30. The highest BCUT2D eigenvalue weighted by molar-refractivity contribution is 7.18. The van der Waals surface area contributed by atoms with Crippen molar-refractivity contribution >= 4 is 39.3 Å². The quantitative estimate of drug-likeness (QED) is 0.258. The van der Waals surface area contributed by atoms with Crippen LogP contribution >= 0.6 is 11.3 Å². The summed E-state index contributed by atoms with van der Waals surface area (Å²) in [6.07, 6.45) is 6.03. The molecule has 2 atom stereocenters. The van der Waals surface area contributed by atoms with Crippen molar-refractivity contribution in [2.24, 2.45) is 5.92 Å². The molecule has 9 heteroatoms. The number of hydrogen-bond donors (Lipinski definition) is 3. The van der Waals surface area contributed by atoms with Crippen LogP contribution in [-0.4, -0.2) is 65.9 Å². The summed E-state index contributed by atoms with van der Waals surface area (Å²) in [6, 6.07) is 5.32. The van der Waals surface area contributed by atoms with Crippen LogP contribution in [0.15, 0.2) is 30.4 Å². The first-order valence-electron chi connectivity index (χ1n) is 15.3. The van der Waals surface area contributed by atoms with Crippen LogP contribution in [0, 0.1) is 5.92 Å². The van der Waals surface area contributed by atoms with E-state index in [4.69, 9.17) is 4.98 Å². The smallest absolute Gasteiger partial charge is 0.247 e. The van der Waals surface area contributed by atoms with Crippen LogP contribution in [-0.2, 0) is 20.8 Å². The van der Waals surface area contributed by atoms with E-state index >= 15 is 0 Å². The van der Waals surface area contributed by atoms with Crippen LogP contribution in [0.5, 0.6) is 0 Å². The van der Waals surface area contributed by atoms with Gasteiger partial charge in [0.2, 0.25) is 17.7 Å². The third-order valence-corrected chi connectivity index (χ3v) is 9.17. The molecule has 0 bridgehead atoms. The molecule has 1 saturated carbocycles. The van der Waals surface area contributed by atoms with E-state index in [0.717, 1.165) is 54.0 Å². The van der Waals surface area contributed by atoms with Gasteiger partial charge in [-0.3, -0.25) is 19.3 Å². The van der Waals surface area contributed by atoms with E-state index in [2.05, 4.69) is 67.3 Å². The van der Waals surface area contributed by atoms with Crippen molar-refractivity contribution < 1.29 is 14.4 Å². The summed E-state index contributed by atoms with van der Waals surface area (Å²) in [6.45, 7) is 16.8. The second-order valence-electron chi connectivity index (χ2n) is 11.5. The second kappa shape index (κ2) is 16.0. The number of thiazole rings is 1. The molecule has 0 aliphatic heterocycles. The van der Waals surface area contributed by atoms with E-state index in [1.54, 1.807) is 18.3 Å². The van der Waals surface area contributed by atoms with Crippen molar-refractivity contribution in [2.75, 3.05) is 26.2 Å². The number of nitrogens with zero attached hydrogens (tertiary/aromatic N) is 2. The van der Waals surface area contributed by atoms with Gasteiger partial charge in [0, 0.05) is 37.5 Å². The van der Waals surface area contributed by atoms with E-state index < -0.39 is 6.04 Å². The number of carbonyl (C=O) groups is 3. The number of rotatable bonds is 15. The monoisotopic (exact) mass is 583 g/mol. The fourth-order valence-corrected chi connectivity index (χ4v) is 6.45. The molecular weight excluding hydrogens is 534 g/mol. The number of likely N-dealkylation sites (N-methyl/N-ethyl adjacent to an activating group) is 1. The number of hydrogen-bond acceptors (Lipinski definition) is 6. The Kier molecular flexibility index (Phi) is 12.8. The minimum atomic E-state index is -0.744. The lowest BCUT2D eigenvalue weighted by Gasteiger charge is -2.32. The molecule has 2 aromatic rings. The van der Waals surface area contributed by atoms with Crippen molar-refractivity contribution in [2.45, 2.75) is 97.6 Å². The molecule has 1 aromatic carbocycles. The summed E-state index contributed by atoms with van der Waals surface area (Å²) in [4.78, 5) is 46.0. The van der Waals surface area contributed by atoms with Gasteiger partial charge in [-0.15, -0.1) is 11.3 Å². The predicted molar refractivity (Wildman–Crippen MR) is 168 cm³/mol. The van der Waals surface area contributed by atoms with Crippen molar-refractivity contribution in [3.63, 3.8) is 0 Å². The van der Waals surface area contributed by atoms with Gasteiger partial charge in [0.25, 0.3) is 0 Å². The average Bonchev–Trinajstić information content (AvgIpc) is 3.39. The Morgan fingerprint density at radius 2 is 1.78 bits per heavy atom. The van der Waals surface area contributed by atoms with E-state index in [9.17, 15) is 14.4 Å². The van der Waals surface area contributed by atoms with E-state index in [1.165, 1.54) is 12.0 Å². The Morgan fingerprint density at radius 1 is 1.07 bits per heavy atom. The van der Waals surface area contributed by atoms with Crippen molar-refractivity contribution in [3.8, 4) is 0 Å². The van der Waals surface area contributed by atoms with Gasteiger partial charge < -0.3 is 16.0 Å². The molecule has 1 aliphatic rings. The largest absolute Gasteiger partial charge is 0.350 e. The normalized spacial score (nSPS) is 15.6. The fraction of sp³-hybridized carbons (Fsp3) is 0.625. The maximum absolute atomic E-state index is 13.7. The number of nitrogens with one attached hydrogen (secondary N) is 3. The van der Waals surface area contributed by atoms with Crippen molar-refractivity contribution in [1.29, 1.82) is 0 Å². The van der Waals surface area contributed by atoms with E-state index in [1.807, 2.05) is 6.07 Å². The first-order chi connectivity index (χ1) is 19.6. The molecule has 2 unspecified atom stereocenters. The average molecular weight is 584 g/mol. The zero-order chi connectivity index (χ0) is 29.9. The lowest BCUT2D eigenvalue weighted by Crippen LogP contribution is -2.55. The Hall–Kier alpha value is -2.78. The maximum atomic E-state index is 13.7. The summed E-state index contributed by atoms with van der Waals surface area (Å²) in [5.74, 6) is 0.0877. The van der Waals surface area contributed by atoms with Gasteiger partial charge in [-0.25, -0.2) is 4.98 Å². The number of fused-ring (bicyclic) bond motifs is 1. The number of carbonyl (C=O) groups excluding carboxylic acids is 3. The van der Waals surface area contributed by atoms with Gasteiger partial charge in [-0.1, -0.05) is 66.5 Å². The molecule has 3 N–H and O–H groups in total. The highest BCUT2D eigenvalue weighted by atomic mass is 32.1. The summed E-state index contributed by atoms with van der Waals surface area (Å²) >= 11 is 1.57. The molecule has 1 aliphatic carbocycles. The van der Waals surface area contributed by atoms with Crippen LogP contribution in [0.25, 0.3) is 10.2 Å². The molecule has 41 heavy (non-hydrogen) atoms. The van der Waals surface area contributed by atoms with Gasteiger partial charge in [0.05, 0.1) is 15.2 Å². The second-order valence-corrected chi connectivity index (χ2v) is 12.6. The SMILES string of the molecule is C=C(CN(CC)CC)C(=O)NCC(NC(=O)C(Cc1nc2ccc(C(C)C)cc2s1)NC(=O)CC)C1CCCCC1. The molecule has 226 valence electrons. The molecule has 8 nitrogen and oxygen atoms in total. The van der Waals surface area contributed by atoms with Crippen LogP contribution in [0.2, 0.25) is 0 Å². The summed E-state index contributed by atoms with van der Waals surface area (Å²) in [7, 11) is 0. The molecule has 0 radical (unpaired) electrons. The van der Waals surface area contributed by atoms with E-state index in [-0.39, 0.29) is 36.1 Å². The molecule has 1 heterocycles. The molecule has 1 aromatic heterocycles. The number of amides is 3. The number of aromatic nitrogens is 1. The lowest BCUT2D eigenvalue weighted by molar-refractivity contribution is -0.129. The van der Waals surface area contributed by atoms with Gasteiger partial charge in [-0.05, 0) is 55.5 Å². The Morgan fingerprint density at radius 3 is 2.41 bits per heavy atom. The Balaban J connectivity index is 1.74. The Labute approximate surface area is 249 Å². The first kappa shape index (κ1) is 32.7. The summed E-state index contributed by atoms with van der Waals surface area (Å²) < 4.78 is 1.08. The van der Waals surface area contributed by atoms with Crippen LogP contribution in [0.1, 0.15) is 89.6 Å². The molecule has 3 amide bonds. The molecular formula is C32H49N5O3S. The van der Waals surface area contributed by atoms with Crippen molar-refractivity contribution in [3.05, 3.63) is 40.9 Å².